The van der Waals surface area contributed by atoms with Crippen molar-refractivity contribution < 1.29 is 27.4 Å². The van der Waals surface area contributed by atoms with Gasteiger partial charge in [-0.2, -0.15) is 15.1 Å². The van der Waals surface area contributed by atoms with Crippen molar-refractivity contribution in [2.24, 2.45) is 5.41 Å². The third kappa shape index (κ3) is 5.92. The Morgan fingerprint density at radius 3 is 2.52 bits per heavy atom. The predicted octanol–water partition coefficient (Wildman–Crippen LogP) is 7.62. The molecule has 0 N–H and O–H groups in total. The highest BCUT2D eigenvalue weighted by Gasteiger charge is 2.46. The van der Waals surface area contributed by atoms with Gasteiger partial charge in [-0.3, -0.25) is 4.90 Å². The average Bonchev–Trinajstić information content (AvgIpc) is 3.44. The predicted molar refractivity (Wildman–Crippen MR) is 170 cm³/mol. The first-order valence-corrected chi connectivity index (χ1v) is 16.4. The van der Waals surface area contributed by atoms with Crippen LogP contribution in [-0.2, 0) is 4.74 Å². The molecule has 1 unspecified atom stereocenters. The highest BCUT2D eigenvalue weighted by atomic mass is 19.1. The van der Waals surface area contributed by atoms with Crippen LogP contribution in [0, 0.1) is 30.9 Å². The lowest BCUT2D eigenvalue weighted by molar-refractivity contribution is -0.0366. The monoisotopic (exact) mass is 637 g/mol. The van der Waals surface area contributed by atoms with Gasteiger partial charge in [0.1, 0.15) is 23.1 Å². The molecule has 2 saturated heterocycles. The molecule has 0 spiro atoms. The Labute approximate surface area is 267 Å². The summed E-state index contributed by atoms with van der Waals surface area (Å²) < 4.78 is 67.0. The van der Waals surface area contributed by atoms with Crippen molar-refractivity contribution in [3.8, 4) is 23.0 Å². The number of halogens is 3. The lowest BCUT2D eigenvalue weighted by Gasteiger charge is -2.24. The molecule has 246 valence electrons. The van der Waals surface area contributed by atoms with Gasteiger partial charge in [-0.15, -0.1) is 0 Å². The van der Waals surface area contributed by atoms with Gasteiger partial charge in [0, 0.05) is 42.6 Å². The molecule has 2 aromatic carbocycles. The molecule has 0 bridgehead atoms. The number of fused-ring (bicyclic) bond motifs is 2. The topological polar surface area (TPSA) is 74.5 Å². The van der Waals surface area contributed by atoms with Crippen LogP contribution in [0.25, 0.3) is 32.9 Å². The van der Waals surface area contributed by atoms with Crippen LogP contribution in [0.2, 0.25) is 0 Å². The summed E-state index contributed by atoms with van der Waals surface area (Å²) in [5.74, 6) is -1.51. The minimum Gasteiger partial charge on any atom is -0.471 e. The second-order valence-electron chi connectivity index (χ2n) is 14.4. The Balaban J connectivity index is 1.31. The molecule has 4 heterocycles. The molecule has 3 fully saturated rings. The number of nitrogens with zero attached hydrogens (tertiary/aromatic N) is 5. The van der Waals surface area contributed by atoms with Crippen LogP contribution in [0.3, 0.4) is 0 Å². The van der Waals surface area contributed by atoms with Crippen molar-refractivity contribution in [3.05, 3.63) is 41.1 Å². The number of benzene rings is 2. The standard InChI is InChI=1S/C35H42F3N5O3/c1-20-14-26-24(16-39-43(26)27-8-6-7-13-44-27)28(21(20)2)29-25(37)15-23-31(30(29)38)40-33(41-32(23)46-34(3,4)5)45-19-35(10-11-35)18-42-12-9-22(36)17-42/h14-16,22,27H,6-13,17-19H2,1-5H3/t22-,27?/m1/s1. The van der Waals surface area contributed by atoms with Gasteiger partial charge in [0.05, 0.1) is 29.3 Å². The third-order valence-corrected chi connectivity index (χ3v) is 9.57. The van der Waals surface area contributed by atoms with Gasteiger partial charge in [-0.25, -0.2) is 17.9 Å². The lowest BCUT2D eigenvalue weighted by atomic mass is 9.92. The second-order valence-corrected chi connectivity index (χ2v) is 14.4. The van der Waals surface area contributed by atoms with Crippen molar-refractivity contribution in [2.45, 2.75) is 91.1 Å². The first-order valence-electron chi connectivity index (χ1n) is 16.4. The zero-order valence-corrected chi connectivity index (χ0v) is 27.3. The summed E-state index contributed by atoms with van der Waals surface area (Å²) in [6.45, 7) is 12.2. The summed E-state index contributed by atoms with van der Waals surface area (Å²) in [4.78, 5) is 11.1. The van der Waals surface area contributed by atoms with Crippen LogP contribution in [0.5, 0.6) is 11.9 Å². The SMILES string of the molecule is Cc1cc2c(cnn2C2CCCCO2)c(-c2c(F)cc3c(OC(C)(C)C)nc(OCC4(CN5CC[C@@H](F)C5)CC4)nc3c2F)c1C. The fourth-order valence-corrected chi connectivity index (χ4v) is 6.85. The van der Waals surface area contributed by atoms with Gasteiger partial charge in [0.25, 0.3) is 0 Å². The number of ether oxygens (including phenoxy) is 3. The third-order valence-electron chi connectivity index (χ3n) is 9.57. The minimum absolute atomic E-state index is 0.0346. The van der Waals surface area contributed by atoms with Crippen LogP contribution in [-0.4, -0.2) is 69.3 Å². The number of aromatic nitrogens is 4. The number of aryl methyl sites for hydroxylation is 1. The molecule has 2 aliphatic heterocycles. The molecule has 11 heteroatoms. The highest BCUT2D eigenvalue weighted by Crippen LogP contribution is 2.47. The molecule has 1 aliphatic carbocycles. The quantitative estimate of drug-likeness (QED) is 0.197. The average molecular weight is 638 g/mol. The summed E-state index contributed by atoms with van der Waals surface area (Å²) >= 11 is 0. The maximum atomic E-state index is 16.9. The van der Waals surface area contributed by atoms with Crippen molar-refractivity contribution >= 4 is 21.8 Å². The summed E-state index contributed by atoms with van der Waals surface area (Å²) in [6, 6.07) is 3.22. The molecule has 0 amide bonds. The van der Waals surface area contributed by atoms with Crippen molar-refractivity contribution in [1.29, 1.82) is 0 Å². The van der Waals surface area contributed by atoms with E-state index >= 15 is 8.78 Å². The fourth-order valence-electron chi connectivity index (χ4n) is 6.85. The van der Waals surface area contributed by atoms with E-state index in [-0.39, 0.29) is 40.0 Å². The largest absolute Gasteiger partial charge is 0.471 e. The Morgan fingerprint density at radius 2 is 1.85 bits per heavy atom. The normalized spacial score (nSPS) is 21.7. The summed E-state index contributed by atoms with van der Waals surface area (Å²) in [5, 5.41) is 5.39. The smallest absolute Gasteiger partial charge is 0.320 e. The van der Waals surface area contributed by atoms with Crippen molar-refractivity contribution in [3.63, 3.8) is 0 Å². The Hall–Kier alpha value is -3.44. The van der Waals surface area contributed by atoms with E-state index in [1.165, 1.54) is 6.07 Å². The zero-order valence-electron chi connectivity index (χ0n) is 27.3. The molecule has 4 aromatic rings. The number of hydrogen-bond donors (Lipinski definition) is 0. The van der Waals surface area contributed by atoms with E-state index in [0.717, 1.165) is 61.8 Å². The van der Waals surface area contributed by atoms with Crippen LogP contribution in [0.4, 0.5) is 13.2 Å². The fraction of sp³-hybridized carbons (Fsp3) is 0.571. The van der Waals surface area contributed by atoms with Crippen LogP contribution in [0.1, 0.15) is 76.7 Å². The maximum Gasteiger partial charge on any atom is 0.320 e. The van der Waals surface area contributed by atoms with Gasteiger partial charge >= 0.3 is 6.01 Å². The van der Waals surface area contributed by atoms with Crippen LogP contribution < -0.4 is 9.47 Å². The summed E-state index contributed by atoms with van der Waals surface area (Å²) in [6.07, 6.45) is 5.96. The first-order chi connectivity index (χ1) is 21.9. The molecule has 3 aliphatic rings. The lowest BCUT2D eigenvalue weighted by Crippen LogP contribution is -2.32. The van der Waals surface area contributed by atoms with E-state index in [9.17, 15) is 4.39 Å². The van der Waals surface area contributed by atoms with Gasteiger partial charge in [-0.1, -0.05) is 0 Å². The van der Waals surface area contributed by atoms with E-state index < -0.39 is 23.4 Å². The number of alkyl halides is 1. The molecular formula is C35H42F3N5O3. The number of rotatable bonds is 8. The number of likely N-dealkylation sites (tertiary alicyclic amines) is 1. The Kier molecular flexibility index (Phi) is 7.91. The Morgan fingerprint density at radius 1 is 1.04 bits per heavy atom. The highest BCUT2D eigenvalue weighted by molar-refractivity contribution is 6.00. The molecule has 1 saturated carbocycles. The van der Waals surface area contributed by atoms with Gasteiger partial charge in [0.15, 0.2) is 12.0 Å². The van der Waals surface area contributed by atoms with E-state index in [4.69, 9.17) is 14.2 Å². The van der Waals surface area contributed by atoms with Gasteiger partial charge in [-0.05, 0) is 96.4 Å². The molecule has 2 aromatic heterocycles. The van der Waals surface area contributed by atoms with E-state index in [1.54, 1.807) is 6.20 Å². The zero-order chi connectivity index (χ0) is 32.4. The molecular weight excluding hydrogens is 595 g/mol. The summed E-state index contributed by atoms with van der Waals surface area (Å²) in [7, 11) is 0. The maximum absolute atomic E-state index is 16.9. The molecule has 46 heavy (non-hydrogen) atoms. The van der Waals surface area contributed by atoms with E-state index in [2.05, 4.69) is 20.0 Å². The van der Waals surface area contributed by atoms with Crippen LogP contribution in [0.15, 0.2) is 18.3 Å². The molecule has 8 nitrogen and oxygen atoms in total. The molecule has 7 rings (SSSR count). The van der Waals surface area contributed by atoms with E-state index in [0.29, 0.717) is 37.1 Å². The molecule has 2 atom stereocenters. The number of hydrogen-bond acceptors (Lipinski definition) is 7. The second kappa shape index (κ2) is 11.7. The van der Waals surface area contributed by atoms with Crippen molar-refractivity contribution in [1.82, 2.24) is 24.6 Å². The van der Waals surface area contributed by atoms with Gasteiger partial charge in [0.2, 0.25) is 5.88 Å². The minimum atomic E-state index is -0.815. The van der Waals surface area contributed by atoms with Crippen LogP contribution >= 0.6 is 0 Å². The first kappa shape index (κ1) is 31.2. The summed E-state index contributed by atoms with van der Waals surface area (Å²) in [5.41, 5.74) is 1.75. The van der Waals surface area contributed by atoms with E-state index in [1.807, 2.05) is 45.4 Å². The Bertz CT molecular complexity index is 1790. The van der Waals surface area contributed by atoms with Gasteiger partial charge < -0.3 is 14.2 Å². The van der Waals surface area contributed by atoms with Crippen molar-refractivity contribution in [2.75, 3.05) is 32.8 Å². The molecule has 0 radical (unpaired) electrons.